The summed E-state index contributed by atoms with van der Waals surface area (Å²) in [7, 11) is 0. The van der Waals surface area contributed by atoms with Crippen LogP contribution < -0.4 is 10.6 Å². The molecule has 2 aromatic heterocycles. The van der Waals surface area contributed by atoms with Gasteiger partial charge in [-0.2, -0.15) is 13.2 Å². The van der Waals surface area contributed by atoms with Gasteiger partial charge in [-0.15, -0.1) is 11.3 Å². The summed E-state index contributed by atoms with van der Waals surface area (Å²) in [6.07, 6.45) is -2.69. The number of hydrogen-bond donors (Lipinski definition) is 2. The van der Waals surface area contributed by atoms with Crippen LogP contribution in [0.4, 0.5) is 19.0 Å². The average molecular weight is 428 g/mol. The van der Waals surface area contributed by atoms with E-state index in [-0.39, 0.29) is 27.3 Å². The number of hydrogen-bond acceptors (Lipinski definition) is 6. The van der Waals surface area contributed by atoms with Crippen LogP contribution in [0.15, 0.2) is 12.3 Å². The zero-order valence-electron chi connectivity index (χ0n) is 16.6. The van der Waals surface area contributed by atoms with Gasteiger partial charge in [0.2, 0.25) is 0 Å². The van der Waals surface area contributed by atoms with Crippen LogP contribution in [-0.4, -0.2) is 40.7 Å². The van der Waals surface area contributed by atoms with Crippen LogP contribution in [0, 0.1) is 6.92 Å². The van der Waals surface area contributed by atoms with E-state index >= 15 is 0 Å². The molecule has 0 aliphatic carbocycles. The Balaban J connectivity index is 1.95. The number of thiazole rings is 1. The van der Waals surface area contributed by atoms with Crippen molar-refractivity contribution in [2.24, 2.45) is 0 Å². The Hall–Kier alpha value is -2.20. The van der Waals surface area contributed by atoms with Gasteiger partial charge in [0, 0.05) is 23.9 Å². The summed E-state index contributed by atoms with van der Waals surface area (Å²) >= 11 is 0.929. The van der Waals surface area contributed by atoms with E-state index in [2.05, 4.69) is 20.6 Å². The molecule has 0 aromatic carbocycles. The molecule has 1 fully saturated rings. The maximum atomic E-state index is 13.8. The number of aromatic nitrogens is 2. The quantitative estimate of drug-likeness (QED) is 0.761. The predicted molar refractivity (Wildman–Crippen MR) is 105 cm³/mol. The van der Waals surface area contributed by atoms with Gasteiger partial charge in [0.05, 0.1) is 28.8 Å². The Bertz CT molecular complexity index is 900. The Morgan fingerprint density at radius 1 is 1.31 bits per heavy atom. The molecule has 1 atom stereocenters. The van der Waals surface area contributed by atoms with Crippen LogP contribution >= 0.6 is 11.3 Å². The van der Waals surface area contributed by atoms with Crippen molar-refractivity contribution < 1.29 is 22.7 Å². The standard InChI is InChI=1S/C19H23F3N4O2S/c1-10-15(29-17(24-10)16(27)25-11-5-6-28-9-11)12-8-23-14(26-18(2,3)4)7-13(12)19(20,21)22/h7-8,11H,5-6,9H2,1-4H3,(H,23,26)(H,25,27). The number of anilines is 1. The summed E-state index contributed by atoms with van der Waals surface area (Å²) in [5, 5.41) is 5.87. The fourth-order valence-electron chi connectivity index (χ4n) is 2.96. The molecule has 0 bridgehead atoms. The van der Waals surface area contributed by atoms with Crippen LogP contribution in [0.2, 0.25) is 0 Å². The highest BCUT2D eigenvalue weighted by Crippen LogP contribution is 2.41. The highest BCUT2D eigenvalue weighted by atomic mass is 32.1. The molecular formula is C19H23F3N4O2S. The molecular weight excluding hydrogens is 405 g/mol. The van der Waals surface area contributed by atoms with Crippen molar-refractivity contribution in [2.45, 2.75) is 51.9 Å². The number of nitrogens with one attached hydrogen (secondary N) is 2. The lowest BCUT2D eigenvalue weighted by Crippen LogP contribution is -2.34. The normalized spacial score (nSPS) is 17.4. The van der Waals surface area contributed by atoms with E-state index < -0.39 is 23.2 Å². The number of alkyl halides is 3. The van der Waals surface area contributed by atoms with Gasteiger partial charge in [0.1, 0.15) is 5.82 Å². The Morgan fingerprint density at radius 3 is 2.62 bits per heavy atom. The number of halogens is 3. The molecule has 1 unspecified atom stereocenters. The molecule has 2 N–H and O–H groups in total. The molecule has 1 aliphatic rings. The topological polar surface area (TPSA) is 76.1 Å². The third-order valence-corrected chi connectivity index (χ3v) is 5.40. The van der Waals surface area contributed by atoms with Gasteiger partial charge in [-0.05, 0) is 40.2 Å². The van der Waals surface area contributed by atoms with Crippen LogP contribution in [0.1, 0.15) is 48.3 Å². The number of rotatable bonds is 4. The molecule has 1 saturated heterocycles. The summed E-state index contributed by atoms with van der Waals surface area (Å²) in [5.74, 6) is -0.276. The summed E-state index contributed by atoms with van der Waals surface area (Å²) in [6, 6.07) is 0.889. The summed E-state index contributed by atoms with van der Waals surface area (Å²) in [6.45, 7) is 8.09. The summed E-state index contributed by atoms with van der Waals surface area (Å²) < 4.78 is 46.5. The van der Waals surface area contributed by atoms with Crippen molar-refractivity contribution in [3.05, 3.63) is 28.5 Å². The van der Waals surface area contributed by atoms with Gasteiger partial charge in [0.25, 0.3) is 5.91 Å². The fraction of sp³-hybridized carbons (Fsp3) is 0.526. The number of carbonyl (C=O) groups excluding carboxylic acids is 1. The Kier molecular flexibility index (Phi) is 5.86. The molecule has 1 amide bonds. The largest absolute Gasteiger partial charge is 0.417 e. The predicted octanol–water partition coefficient (Wildman–Crippen LogP) is 4.26. The molecule has 158 valence electrons. The number of amides is 1. The lowest BCUT2D eigenvalue weighted by molar-refractivity contribution is -0.137. The van der Waals surface area contributed by atoms with E-state index in [0.717, 1.165) is 17.4 Å². The van der Waals surface area contributed by atoms with Crippen molar-refractivity contribution in [3.63, 3.8) is 0 Å². The molecule has 0 saturated carbocycles. The second-order valence-electron chi connectivity index (χ2n) is 7.96. The fourth-order valence-corrected chi connectivity index (χ4v) is 3.96. The molecule has 1 aliphatic heterocycles. The minimum atomic E-state index is -4.58. The molecule has 2 aromatic rings. The monoisotopic (exact) mass is 428 g/mol. The van der Waals surface area contributed by atoms with Crippen molar-refractivity contribution >= 4 is 23.1 Å². The first-order valence-corrected chi connectivity index (χ1v) is 9.97. The van der Waals surface area contributed by atoms with Gasteiger partial charge in [0.15, 0.2) is 5.01 Å². The number of aryl methyl sites for hydroxylation is 1. The van der Waals surface area contributed by atoms with Crippen molar-refractivity contribution in [2.75, 3.05) is 18.5 Å². The van der Waals surface area contributed by atoms with E-state index in [1.165, 1.54) is 6.20 Å². The van der Waals surface area contributed by atoms with Crippen LogP contribution in [0.5, 0.6) is 0 Å². The van der Waals surface area contributed by atoms with Crippen molar-refractivity contribution in [1.82, 2.24) is 15.3 Å². The van der Waals surface area contributed by atoms with E-state index in [1.54, 1.807) is 6.92 Å². The number of nitrogens with zero attached hydrogens (tertiary/aromatic N) is 2. The third kappa shape index (κ3) is 5.24. The SMILES string of the molecule is Cc1nc(C(=O)NC2CCOC2)sc1-c1cnc(NC(C)(C)C)cc1C(F)(F)F. The number of pyridine rings is 1. The minimum absolute atomic E-state index is 0.0878. The highest BCUT2D eigenvalue weighted by molar-refractivity contribution is 7.17. The van der Waals surface area contributed by atoms with Gasteiger partial charge in [-0.3, -0.25) is 4.79 Å². The zero-order valence-corrected chi connectivity index (χ0v) is 17.4. The first-order chi connectivity index (χ1) is 13.4. The minimum Gasteiger partial charge on any atom is -0.379 e. The van der Waals surface area contributed by atoms with E-state index in [9.17, 15) is 18.0 Å². The second kappa shape index (κ2) is 7.91. The lowest BCUT2D eigenvalue weighted by atomic mass is 10.1. The third-order valence-electron chi connectivity index (χ3n) is 4.21. The molecule has 0 radical (unpaired) electrons. The van der Waals surface area contributed by atoms with Crippen molar-refractivity contribution in [3.8, 4) is 10.4 Å². The molecule has 0 spiro atoms. The van der Waals surface area contributed by atoms with E-state index in [1.807, 2.05) is 20.8 Å². The maximum Gasteiger partial charge on any atom is 0.417 e. The second-order valence-corrected chi connectivity index (χ2v) is 8.95. The molecule has 3 rings (SSSR count). The van der Waals surface area contributed by atoms with Crippen LogP contribution in [0.25, 0.3) is 10.4 Å². The van der Waals surface area contributed by atoms with E-state index in [0.29, 0.717) is 25.3 Å². The molecule has 29 heavy (non-hydrogen) atoms. The van der Waals surface area contributed by atoms with Crippen LogP contribution in [-0.2, 0) is 10.9 Å². The van der Waals surface area contributed by atoms with Crippen molar-refractivity contribution in [1.29, 1.82) is 0 Å². The molecule has 3 heterocycles. The molecule has 6 nitrogen and oxygen atoms in total. The maximum absolute atomic E-state index is 13.8. The number of carbonyl (C=O) groups is 1. The average Bonchev–Trinajstić information content (AvgIpc) is 3.22. The first kappa shape index (κ1) is 21.5. The summed E-state index contributed by atoms with van der Waals surface area (Å²) in [4.78, 5) is 21.0. The van der Waals surface area contributed by atoms with Crippen LogP contribution in [0.3, 0.4) is 0 Å². The van der Waals surface area contributed by atoms with Gasteiger partial charge in [-0.25, -0.2) is 9.97 Å². The van der Waals surface area contributed by atoms with Gasteiger partial charge >= 0.3 is 6.18 Å². The summed E-state index contributed by atoms with van der Waals surface area (Å²) in [5.41, 5.74) is -0.989. The van der Waals surface area contributed by atoms with E-state index in [4.69, 9.17) is 4.74 Å². The van der Waals surface area contributed by atoms with Gasteiger partial charge < -0.3 is 15.4 Å². The Labute approximate surface area is 170 Å². The lowest BCUT2D eigenvalue weighted by Gasteiger charge is -2.22. The highest BCUT2D eigenvalue weighted by Gasteiger charge is 2.36. The zero-order chi connectivity index (χ0) is 21.4. The smallest absolute Gasteiger partial charge is 0.379 e. The van der Waals surface area contributed by atoms with Gasteiger partial charge in [-0.1, -0.05) is 0 Å². The molecule has 10 heteroatoms. The Morgan fingerprint density at radius 2 is 2.03 bits per heavy atom. The number of ether oxygens (including phenoxy) is 1. The first-order valence-electron chi connectivity index (χ1n) is 9.16.